The summed E-state index contributed by atoms with van der Waals surface area (Å²) >= 11 is 0. The highest BCUT2D eigenvalue weighted by Crippen LogP contribution is 2.32. The van der Waals surface area contributed by atoms with Crippen LogP contribution in [0.25, 0.3) is 0 Å². The fraction of sp³-hybridized carbons (Fsp3) is 0.933. The van der Waals surface area contributed by atoms with Gasteiger partial charge >= 0.3 is 0 Å². The van der Waals surface area contributed by atoms with Crippen molar-refractivity contribution in [1.29, 1.82) is 0 Å². The maximum atomic E-state index is 6.16. The summed E-state index contributed by atoms with van der Waals surface area (Å²) in [6.45, 7) is 9.79. The van der Waals surface area contributed by atoms with Crippen LogP contribution < -0.4 is 10.6 Å². The van der Waals surface area contributed by atoms with Gasteiger partial charge in [-0.1, -0.05) is 26.2 Å². The van der Waals surface area contributed by atoms with Gasteiger partial charge < -0.3 is 15.4 Å². The summed E-state index contributed by atoms with van der Waals surface area (Å²) in [4.78, 5) is 4.72. The number of ether oxygens (including phenoxy) is 1. The minimum atomic E-state index is -0.00957. The normalized spacial score (nSPS) is 16.9. The standard InChI is InChI=1S/C15H31N3O.HI/c1-4-12-19-15(10-8-7-9-11-15)13-18-14(16-5-2)17-6-3;/h4-13H2,1-3H3,(H2,16,17,18);1H. The van der Waals surface area contributed by atoms with E-state index in [1.165, 1.54) is 19.3 Å². The fourth-order valence-corrected chi connectivity index (χ4v) is 2.60. The van der Waals surface area contributed by atoms with E-state index < -0.39 is 0 Å². The van der Waals surface area contributed by atoms with Crippen molar-refractivity contribution in [2.45, 2.75) is 64.9 Å². The van der Waals surface area contributed by atoms with Crippen LogP contribution in [0.3, 0.4) is 0 Å². The summed E-state index contributed by atoms with van der Waals surface area (Å²) < 4.78 is 6.16. The predicted molar refractivity (Wildman–Crippen MR) is 97.1 cm³/mol. The highest BCUT2D eigenvalue weighted by atomic mass is 127. The molecule has 0 unspecified atom stereocenters. The number of hydrogen-bond acceptors (Lipinski definition) is 2. The van der Waals surface area contributed by atoms with E-state index >= 15 is 0 Å². The Kier molecular flexibility index (Phi) is 11.6. The molecule has 1 saturated carbocycles. The molecule has 0 saturated heterocycles. The molecule has 0 bridgehead atoms. The molecular formula is C15H32IN3O. The van der Waals surface area contributed by atoms with E-state index in [-0.39, 0.29) is 29.6 Å². The maximum Gasteiger partial charge on any atom is 0.191 e. The quantitative estimate of drug-likeness (QED) is 0.394. The predicted octanol–water partition coefficient (Wildman–Crippen LogP) is 3.31. The number of aliphatic imine (C=N–C) groups is 1. The topological polar surface area (TPSA) is 45.6 Å². The Hall–Kier alpha value is -0.0400. The minimum absolute atomic E-state index is 0. The van der Waals surface area contributed by atoms with Gasteiger partial charge in [-0.05, 0) is 33.1 Å². The van der Waals surface area contributed by atoms with Crippen molar-refractivity contribution in [3.05, 3.63) is 0 Å². The molecule has 0 aliphatic heterocycles. The number of nitrogens with zero attached hydrogens (tertiary/aromatic N) is 1. The molecule has 2 N–H and O–H groups in total. The molecule has 1 aliphatic rings. The minimum Gasteiger partial charge on any atom is -0.373 e. The molecule has 120 valence electrons. The van der Waals surface area contributed by atoms with E-state index in [0.29, 0.717) is 0 Å². The number of rotatable bonds is 7. The van der Waals surface area contributed by atoms with E-state index in [9.17, 15) is 0 Å². The molecule has 0 spiro atoms. The second kappa shape index (κ2) is 11.6. The zero-order valence-corrected chi connectivity index (χ0v) is 15.7. The summed E-state index contributed by atoms with van der Waals surface area (Å²) in [5.74, 6) is 0.912. The SMILES string of the molecule is CCCOC1(CN=C(NCC)NCC)CCCCC1.I. The van der Waals surface area contributed by atoms with Crippen molar-refractivity contribution >= 4 is 29.9 Å². The second-order valence-electron chi connectivity index (χ2n) is 5.32. The van der Waals surface area contributed by atoms with Gasteiger partial charge in [-0.15, -0.1) is 24.0 Å². The van der Waals surface area contributed by atoms with Crippen LogP contribution in [-0.4, -0.2) is 37.8 Å². The first-order chi connectivity index (χ1) is 9.26. The lowest BCUT2D eigenvalue weighted by Crippen LogP contribution is -2.42. The van der Waals surface area contributed by atoms with Crippen LogP contribution in [0, 0.1) is 0 Å². The Morgan fingerprint density at radius 2 is 1.65 bits per heavy atom. The van der Waals surface area contributed by atoms with E-state index in [0.717, 1.165) is 51.5 Å². The third-order valence-electron chi connectivity index (χ3n) is 3.59. The van der Waals surface area contributed by atoms with Gasteiger partial charge in [0, 0.05) is 19.7 Å². The van der Waals surface area contributed by atoms with Crippen molar-refractivity contribution in [2.75, 3.05) is 26.2 Å². The average Bonchev–Trinajstić information content (AvgIpc) is 2.44. The first-order valence-electron chi connectivity index (χ1n) is 7.92. The van der Waals surface area contributed by atoms with E-state index in [4.69, 9.17) is 9.73 Å². The summed E-state index contributed by atoms with van der Waals surface area (Å²) in [5, 5.41) is 6.56. The van der Waals surface area contributed by atoms with Gasteiger partial charge in [-0.3, -0.25) is 4.99 Å². The van der Waals surface area contributed by atoms with Gasteiger partial charge in [0.1, 0.15) is 0 Å². The van der Waals surface area contributed by atoms with Crippen LogP contribution in [-0.2, 0) is 4.74 Å². The molecule has 1 aliphatic carbocycles. The van der Waals surface area contributed by atoms with Gasteiger partial charge in [-0.2, -0.15) is 0 Å². The van der Waals surface area contributed by atoms with Gasteiger partial charge in [0.25, 0.3) is 0 Å². The molecule has 20 heavy (non-hydrogen) atoms. The highest BCUT2D eigenvalue weighted by Gasteiger charge is 2.32. The molecule has 0 aromatic heterocycles. The number of hydrogen-bond donors (Lipinski definition) is 2. The van der Waals surface area contributed by atoms with Crippen LogP contribution in [0.2, 0.25) is 0 Å². The third kappa shape index (κ3) is 7.11. The molecule has 1 fully saturated rings. The largest absolute Gasteiger partial charge is 0.373 e. The average molecular weight is 397 g/mol. The number of nitrogens with one attached hydrogen (secondary N) is 2. The summed E-state index contributed by atoms with van der Waals surface area (Å²) in [6, 6.07) is 0. The van der Waals surface area contributed by atoms with Crippen molar-refractivity contribution in [2.24, 2.45) is 4.99 Å². The first kappa shape index (κ1) is 20.0. The van der Waals surface area contributed by atoms with Gasteiger partial charge in [0.15, 0.2) is 5.96 Å². The molecule has 1 rings (SSSR count). The molecule has 0 aromatic carbocycles. The van der Waals surface area contributed by atoms with Gasteiger partial charge in [0.2, 0.25) is 0 Å². The Labute approximate surface area is 141 Å². The summed E-state index contributed by atoms with van der Waals surface area (Å²) in [6.07, 6.45) is 7.28. The third-order valence-corrected chi connectivity index (χ3v) is 3.59. The summed E-state index contributed by atoms with van der Waals surface area (Å²) in [5.41, 5.74) is -0.00957. The van der Waals surface area contributed by atoms with Crippen LogP contribution in [0.4, 0.5) is 0 Å². The Bertz CT molecular complexity index is 258. The molecule has 0 amide bonds. The highest BCUT2D eigenvalue weighted by molar-refractivity contribution is 14.0. The zero-order valence-electron chi connectivity index (χ0n) is 13.3. The summed E-state index contributed by atoms with van der Waals surface area (Å²) in [7, 11) is 0. The number of halogens is 1. The molecule has 0 atom stereocenters. The molecule has 4 nitrogen and oxygen atoms in total. The molecule has 0 radical (unpaired) electrons. The van der Waals surface area contributed by atoms with E-state index in [1.54, 1.807) is 0 Å². The van der Waals surface area contributed by atoms with Crippen LogP contribution >= 0.6 is 24.0 Å². The molecule has 5 heteroatoms. The van der Waals surface area contributed by atoms with Gasteiger partial charge in [0.05, 0.1) is 12.1 Å². The van der Waals surface area contributed by atoms with Crippen molar-refractivity contribution in [1.82, 2.24) is 10.6 Å². The van der Waals surface area contributed by atoms with Crippen molar-refractivity contribution < 1.29 is 4.74 Å². The van der Waals surface area contributed by atoms with E-state index in [1.807, 2.05) is 0 Å². The Balaban J connectivity index is 0.00000361. The van der Waals surface area contributed by atoms with E-state index in [2.05, 4.69) is 31.4 Å². The lowest BCUT2D eigenvalue weighted by atomic mass is 9.84. The fourth-order valence-electron chi connectivity index (χ4n) is 2.60. The smallest absolute Gasteiger partial charge is 0.191 e. The van der Waals surface area contributed by atoms with Crippen molar-refractivity contribution in [3.63, 3.8) is 0 Å². The maximum absolute atomic E-state index is 6.16. The lowest BCUT2D eigenvalue weighted by molar-refractivity contribution is -0.0624. The molecule has 0 aromatic rings. The van der Waals surface area contributed by atoms with Crippen LogP contribution in [0.1, 0.15) is 59.3 Å². The number of guanidine groups is 1. The Morgan fingerprint density at radius 1 is 1.05 bits per heavy atom. The second-order valence-corrected chi connectivity index (χ2v) is 5.32. The van der Waals surface area contributed by atoms with Crippen LogP contribution in [0.15, 0.2) is 4.99 Å². The van der Waals surface area contributed by atoms with Crippen molar-refractivity contribution in [3.8, 4) is 0 Å². The lowest BCUT2D eigenvalue weighted by Gasteiger charge is -2.36. The molecule has 0 heterocycles. The van der Waals surface area contributed by atoms with Crippen LogP contribution in [0.5, 0.6) is 0 Å². The zero-order chi connectivity index (χ0) is 14.0. The molecular weight excluding hydrogens is 365 g/mol. The first-order valence-corrected chi connectivity index (χ1v) is 7.92. The monoisotopic (exact) mass is 397 g/mol. The Morgan fingerprint density at radius 3 is 2.15 bits per heavy atom. The van der Waals surface area contributed by atoms with Gasteiger partial charge in [-0.25, -0.2) is 0 Å².